The average Bonchev–Trinajstić information content (AvgIpc) is 3.45. The molecule has 4 heteroatoms. The number of ether oxygens (including phenoxy) is 2. The maximum absolute atomic E-state index is 12.4. The van der Waals surface area contributed by atoms with Gasteiger partial charge < -0.3 is 14.8 Å². The second kappa shape index (κ2) is 7.39. The van der Waals surface area contributed by atoms with Gasteiger partial charge in [0, 0.05) is 0 Å². The highest BCUT2D eigenvalue weighted by Crippen LogP contribution is 2.41. The van der Waals surface area contributed by atoms with Crippen molar-refractivity contribution in [2.24, 2.45) is 5.92 Å². The molecule has 0 bridgehead atoms. The van der Waals surface area contributed by atoms with Gasteiger partial charge >= 0.3 is 0 Å². The number of nitrogens with one attached hydrogen (secondary N) is 1. The van der Waals surface area contributed by atoms with E-state index in [0.29, 0.717) is 12.3 Å². The molecule has 2 aromatic rings. The zero-order chi connectivity index (χ0) is 16.9. The lowest BCUT2D eigenvalue weighted by Crippen LogP contribution is -2.31. The second-order valence-corrected chi connectivity index (χ2v) is 6.18. The van der Waals surface area contributed by atoms with Gasteiger partial charge in [-0.3, -0.25) is 4.79 Å². The molecular weight excluding hydrogens is 302 g/mol. The van der Waals surface area contributed by atoms with Crippen LogP contribution in [-0.2, 0) is 11.2 Å². The molecule has 4 nitrogen and oxygen atoms in total. The van der Waals surface area contributed by atoms with Crippen molar-refractivity contribution < 1.29 is 14.3 Å². The SMILES string of the molecule is COc1ccc(CC(=O)NC(c2ccc(OC)cc2)C2CC2)cc1. The Morgan fingerprint density at radius 1 is 1.00 bits per heavy atom. The standard InChI is InChI=1S/C20H23NO3/c1-23-17-9-3-14(4-10-17)13-19(22)21-20(15-5-6-15)16-7-11-18(24-2)12-8-16/h3-4,7-12,15,20H,5-6,13H2,1-2H3,(H,21,22). The fourth-order valence-electron chi connectivity index (χ4n) is 2.87. The third-order valence-corrected chi connectivity index (χ3v) is 4.41. The minimum absolute atomic E-state index is 0.0490. The van der Waals surface area contributed by atoms with Crippen LogP contribution in [0.1, 0.15) is 30.0 Å². The van der Waals surface area contributed by atoms with E-state index in [-0.39, 0.29) is 11.9 Å². The number of carbonyl (C=O) groups excluding carboxylic acids is 1. The minimum atomic E-state index is 0.0490. The van der Waals surface area contributed by atoms with E-state index in [4.69, 9.17) is 9.47 Å². The van der Waals surface area contributed by atoms with E-state index in [1.165, 1.54) is 12.8 Å². The molecular formula is C20H23NO3. The Morgan fingerprint density at radius 2 is 1.54 bits per heavy atom. The topological polar surface area (TPSA) is 47.6 Å². The molecule has 0 saturated heterocycles. The van der Waals surface area contributed by atoms with Gasteiger partial charge in [0.2, 0.25) is 5.91 Å². The molecule has 1 aliphatic carbocycles. The summed E-state index contributed by atoms with van der Waals surface area (Å²) in [5.41, 5.74) is 2.12. The lowest BCUT2D eigenvalue weighted by Gasteiger charge is -2.19. The van der Waals surface area contributed by atoms with Crippen LogP contribution in [-0.4, -0.2) is 20.1 Å². The Kier molecular flexibility index (Phi) is 5.04. The second-order valence-electron chi connectivity index (χ2n) is 6.18. The first-order chi connectivity index (χ1) is 11.7. The molecule has 0 radical (unpaired) electrons. The van der Waals surface area contributed by atoms with Gasteiger partial charge in [0.1, 0.15) is 11.5 Å². The van der Waals surface area contributed by atoms with Crippen LogP contribution in [0.15, 0.2) is 48.5 Å². The zero-order valence-corrected chi connectivity index (χ0v) is 14.1. The minimum Gasteiger partial charge on any atom is -0.497 e. The third kappa shape index (κ3) is 4.07. The third-order valence-electron chi connectivity index (χ3n) is 4.41. The quantitative estimate of drug-likeness (QED) is 0.847. The molecule has 1 fully saturated rings. The molecule has 2 aromatic carbocycles. The predicted octanol–water partition coefficient (Wildman–Crippen LogP) is 3.51. The molecule has 0 spiro atoms. The van der Waals surface area contributed by atoms with Crippen LogP contribution >= 0.6 is 0 Å². The normalized spacial score (nSPS) is 14.8. The predicted molar refractivity (Wildman–Crippen MR) is 93.3 cm³/mol. The monoisotopic (exact) mass is 325 g/mol. The summed E-state index contributed by atoms with van der Waals surface area (Å²) in [6.07, 6.45) is 2.71. The van der Waals surface area contributed by atoms with Crippen LogP contribution in [0.5, 0.6) is 11.5 Å². The zero-order valence-electron chi connectivity index (χ0n) is 14.1. The van der Waals surface area contributed by atoms with Gasteiger partial charge in [-0.1, -0.05) is 24.3 Å². The Labute approximate surface area is 142 Å². The maximum atomic E-state index is 12.4. The van der Waals surface area contributed by atoms with Crippen molar-refractivity contribution in [2.45, 2.75) is 25.3 Å². The fraction of sp³-hybridized carbons (Fsp3) is 0.350. The summed E-state index contributed by atoms with van der Waals surface area (Å²) in [6, 6.07) is 15.7. The molecule has 126 valence electrons. The van der Waals surface area contributed by atoms with E-state index < -0.39 is 0 Å². The van der Waals surface area contributed by atoms with Crippen LogP contribution in [0.4, 0.5) is 0 Å². The summed E-state index contributed by atoms with van der Waals surface area (Å²) in [6.45, 7) is 0. The molecule has 1 amide bonds. The molecule has 3 rings (SSSR count). The first kappa shape index (κ1) is 16.4. The van der Waals surface area contributed by atoms with Crippen LogP contribution in [0.2, 0.25) is 0 Å². The van der Waals surface area contributed by atoms with Crippen LogP contribution in [0.3, 0.4) is 0 Å². The van der Waals surface area contributed by atoms with E-state index in [1.807, 2.05) is 48.5 Å². The highest BCUT2D eigenvalue weighted by molar-refractivity contribution is 5.79. The van der Waals surface area contributed by atoms with E-state index in [1.54, 1.807) is 14.2 Å². The van der Waals surface area contributed by atoms with Gasteiger partial charge in [0.25, 0.3) is 0 Å². The average molecular weight is 325 g/mol. The maximum Gasteiger partial charge on any atom is 0.224 e. The van der Waals surface area contributed by atoms with Gasteiger partial charge in [0.05, 0.1) is 26.7 Å². The Bertz CT molecular complexity index is 675. The molecule has 0 heterocycles. The van der Waals surface area contributed by atoms with Gasteiger partial charge in [-0.2, -0.15) is 0 Å². The molecule has 0 aromatic heterocycles. The summed E-state index contributed by atoms with van der Waals surface area (Å²) in [7, 11) is 3.29. The molecule has 0 aliphatic heterocycles. The van der Waals surface area contributed by atoms with Crippen molar-refractivity contribution in [1.29, 1.82) is 0 Å². The van der Waals surface area contributed by atoms with Crippen molar-refractivity contribution in [3.8, 4) is 11.5 Å². The highest BCUT2D eigenvalue weighted by atomic mass is 16.5. The first-order valence-electron chi connectivity index (χ1n) is 8.26. The van der Waals surface area contributed by atoms with Gasteiger partial charge in [-0.05, 0) is 54.2 Å². The fourth-order valence-corrected chi connectivity index (χ4v) is 2.87. The smallest absolute Gasteiger partial charge is 0.224 e. The Balaban J connectivity index is 1.65. The number of rotatable bonds is 7. The summed E-state index contributed by atoms with van der Waals surface area (Å²) < 4.78 is 10.4. The number of hydrogen-bond acceptors (Lipinski definition) is 3. The first-order valence-corrected chi connectivity index (χ1v) is 8.26. The van der Waals surface area contributed by atoms with Crippen molar-refractivity contribution in [3.05, 3.63) is 59.7 Å². The number of methoxy groups -OCH3 is 2. The number of benzene rings is 2. The Morgan fingerprint density at radius 3 is 2.04 bits per heavy atom. The highest BCUT2D eigenvalue weighted by Gasteiger charge is 2.33. The largest absolute Gasteiger partial charge is 0.497 e. The van der Waals surface area contributed by atoms with E-state index in [2.05, 4.69) is 5.32 Å². The van der Waals surface area contributed by atoms with Crippen molar-refractivity contribution in [2.75, 3.05) is 14.2 Å². The molecule has 1 N–H and O–H groups in total. The van der Waals surface area contributed by atoms with Gasteiger partial charge in [-0.15, -0.1) is 0 Å². The van der Waals surface area contributed by atoms with Gasteiger partial charge in [-0.25, -0.2) is 0 Å². The number of carbonyl (C=O) groups is 1. The molecule has 1 aliphatic rings. The summed E-state index contributed by atoms with van der Waals surface area (Å²) >= 11 is 0. The lowest BCUT2D eigenvalue weighted by molar-refractivity contribution is -0.121. The number of amides is 1. The summed E-state index contributed by atoms with van der Waals surface area (Å²) in [4.78, 5) is 12.4. The molecule has 24 heavy (non-hydrogen) atoms. The van der Waals surface area contributed by atoms with Crippen molar-refractivity contribution >= 4 is 5.91 Å². The van der Waals surface area contributed by atoms with E-state index >= 15 is 0 Å². The van der Waals surface area contributed by atoms with Crippen molar-refractivity contribution in [3.63, 3.8) is 0 Å². The Hall–Kier alpha value is -2.49. The number of hydrogen-bond donors (Lipinski definition) is 1. The van der Waals surface area contributed by atoms with E-state index in [0.717, 1.165) is 22.6 Å². The van der Waals surface area contributed by atoms with Crippen molar-refractivity contribution in [1.82, 2.24) is 5.32 Å². The molecule has 1 unspecified atom stereocenters. The molecule has 1 saturated carbocycles. The van der Waals surface area contributed by atoms with Crippen LogP contribution in [0.25, 0.3) is 0 Å². The lowest BCUT2D eigenvalue weighted by atomic mass is 10.0. The summed E-state index contributed by atoms with van der Waals surface area (Å²) in [5.74, 6) is 2.22. The molecule has 1 atom stereocenters. The van der Waals surface area contributed by atoms with Gasteiger partial charge in [0.15, 0.2) is 0 Å². The van der Waals surface area contributed by atoms with Crippen LogP contribution < -0.4 is 14.8 Å². The van der Waals surface area contributed by atoms with Crippen LogP contribution in [0, 0.1) is 5.92 Å². The van der Waals surface area contributed by atoms with E-state index in [9.17, 15) is 4.79 Å². The summed E-state index contributed by atoms with van der Waals surface area (Å²) in [5, 5.41) is 3.20.